The molecule has 0 bridgehead atoms. The largest absolute Gasteiger partial charge is 0.481 e. The fourth-order valence-electron chi connectivity index (χ4n) is 11.0. The van der Waals surface area contributed by atoms with Crippen molar-refractivity contribution in [3.63, 3.8) is 0 Å². The van der Waals surface area contributed by atoms with E-state index in [0.717, 1.165) is 50.5 Å². The molecular weight excluding hydrogens is 450 g/mol. The summed E-state index contributed by atoms with van der Waals surface area (Å²) in [4.78, 5) is 39.5. The van der Waals surface area contributed by atoms with Gasteiger partial charge in [-0.15, -0.1) is 0 Å². The normalized spacial score (nSPS) is 51.1. The van der Waals surface area contributed by atoms with E-state index in [2.05, 4.69) is 41.5 Å². The predicted molar refractivity (Wildman–Crippen MR) is 140 cm³/mol. The van der Waals surface area contributed by atoms with Gasteiger partial charge in [-0.1, -0.05) is 41.5 Å². The molecule has 0 spiro atoms. The van der Waals surface area contributed by atoms with E-state index in [1.54, 1.807) is 0 Å². The second-order valence-corrected chi connectivity index (χ2v) is 15.1. The topological polar surface area (TPSA) is 97.5 Å². The monoisotopic (exact) mass is 497 g/mol. The van der Waals surface area contributed by atoms with Crippen LogP contribution in [0.5, 0.6) is 0 Å². The molecule has 0 heterocycles. The van der Waals surface area contributed by atoms with Crippen LogP contribution in [-0.2, 0) is 14.4 Å². The number of carboxylic acid groups (broad SMARTS) is 1. The van der Waals surface area contributed by atoms with Gasteiger partial charge in [-0.25, -0.2) is 0 Å². The Kier molecular flexibility index (Phi) is 5.72. The Labute approximate surface area is 217 Å². The molecule has 5 aliphatic rings. The first-order valence-electron chi connectivity index (χ1n) is 14.3. The standard InChI is InChI=1S/C31H47NO4/c1-18-20-7-8-29(5)23(28(20,4)14-19(17-32)26(18)36)13-22(33)25-21-15-27(2,3)9-11-31(21,16-24(34)35)12-10-30(25,29)6/h17-18,20-21,23,25H,7-16,32H2,1-6H3,(H,34,35)/t18-,20?,21?,23-,25?,28+,29-,30-,31-/m1/s1. The van der Waals surface area contributed by atoms with Crippen LogP contribution < -0.4 is 5.73 Å². The summed E-state index contributed by atoms with van der Waals surface area (Å²) in [5.41, 5.74) is 6.26. The fourth-order valence-corrected chi connectivity index (χ4v) is 11.0. The highest BCUT2D eigenvalue weighted by molar-refractivity contribution is 5.98. The number of nitrogens with two attached hydrogens (primary N) is 1. The lowest BCUT2D eigenvalue weighted by molar-refractivity contribution is -0.228. The first-order chi connectivity index (χ1) is 16.6. The zero-order chi connectivity index (χ0) is 26.5. The summed E-state index contributed by atoms with van der Waals surface area (Å²) in [7, 11) is 0. The average Bonchev–Trinajstić information content (AvgIpc) is 2.78. The van der Waals surface area contributed by atoms with Crippen molar-refractivity contribution in [1.82, 2.24) is 0 Å². The minimum Gasteiger partial charge on any atom is -0.481 e. The summed E-state index contributed by atoms with van der Waals surface area (Å²) in [6.45, 7) is 13.8. The second-order valence-electron chi connectivity index (χ2n) is 15.1. The first-order valence-corrected chi connectivity index (χ1v) is 14.3. The number of carbonyl (C=O) groups is 3. The van der Waals surface area contributed by atoms with Crippen molar-refractivity contribution in [3.05, 3.63) is 11.8 Å². The first kappa shape index (κ1) is 26.0. The smallest absolute Gasteiger partial charge is 0.303 e. The molecule has 5 saturated carbocycles. The number of ketones is 2. The SMILES string of the molecule is C[C@H]1C(=O)C(=CN)C[C@@]2(C)C1CC[C@]1(C)[C@@H]2CC(=O)C2C3CC(C)(C)CC[C@]3(CC(=O)O)CC[C@]21C. The molecule has 0 aromatic carbocycles. The zero-order valence-corrected chi connectivity index (χ0v) is 23.3. The summed E-state index contributed by atoms with van der Waals surface area (Å²) in [5, 5.41) is 9.92. The van der Waals surface area contributed by atoms with Gasteiger partial charge in [-0.3, -0.25) is 14.4 Å². The zero-order valence-electron chi connectivity index (χ0n) is 23.3. The molecule has 200 valence electrons. The Morgan fingerprint density at radius 2 is 1.67 bits per heavy atom. The van der Waals surface area contributed by atoms with E-state index in [9.17, 15) is 19.5 Å². The van der Waals surface area contributed by atoms with Gasteiger partial charge in [-0.2, -0.15) is 0 Å². The molecular formula is C31H47NO4. The van der Waals surface area contributed by atoms with Crippen molar-refractivity contribution < 1.29 is 19.5 Å². The minimum absolute atomic E-state index is 0.0202. The fraction of sp³-hybridized carbons (Fsp3) is 0.839. The number of carbonyl (C=O) groups excluding carboxylic acids is 2. The maximum atomic E-state index is 14.4. The van der Waals surface area contributed by atoms with Crippen LogP contribution in [0.15, 0.2) is 11.8 Å². The molecule has 0 aromatic rings. The Morgan fingerprint density at radius 3 is 2.31 bits per heavy atom. The number of carboxylic acids is 1. The molecule has 5 heteroatoms. The van der Waals surface area contributed by atoms with E-state index in [0.29, 0.717) is 18.6 Å². The maximum Gasteiger partial charge on any atom is 0.303 e. The summed E-state index contributed by atoms with van der Waals surface area (Å²) in [5.74, 6) is 0.340. The number of aliphatic carboxylic acids is 1. The van der Waals surface area contributed by atoms with Crippen molar-refractivity contribution in [1.29, 1.82) is 0 Å². The van der Waals surface area contributed by atoms with Gasteiger partial charge in [0.25, 0.3) is 0 Å². The molecule has 0 aliphatic heterocycles. The van der Waals surface area contributed by atoms with Crippen molar-refractivity contribution in [2.45, 2.75) is 106 Å². The van der Waals surface area contributed by atoms with Crippen LogP contribution in [0.1, 0.15) is 106 Å². The highest BCUT2D eigenvalue weighted by Gasteiger charge is 2.71. The van der Waals surface area contributed by atoms with Crippen LogP contribution in [0.2, 0.25) is 0 Å². The van der Waals surface area contributed by atoms with Crippen LogP contribution in [0, 0.1) is 56.7 Å². The van der Waals surface area contributed by atoms with Gasteiger partial charge in [0.15, 0.2) is 5.78 Å². The van der Waals surface area contributed by atoms with Gasteiger partial charge in [0.1, 0.15) is 5.78 Å². The molecule has 3 N–H and O–H groups in total. The third kappa shape index (κ3) is 3.29. The molecule has 36 heavy (non-hydrogen) atoms. The van der Waals surface area contributed by atoms with Crippen molar-refractivity contribution >= 4 is 17.5 Å². The minimum atomic E-state index is -0.717. The summed E-state index contributed by atoms with van der Waals surface area (Å²) in [6.07, 6.45) is 9.73. The van der Waals surface area contributed by atoms with E-state index in [-0.39, 0.29) is 68.9 Å². The highest BCUT2D eigenvalue weighted by Crippen LogP contribution is 2.75. The van der Waals surface area contributed by atoms with Crippen LogP contribution in [-0.4, -0.2) is 22.6 Å². The number of rotatable bonds is 2. The van der Waals surface area contributed by atoms with Gasteiger partial charge in [0.2, 0.25) is 0 Å². The predicted octanol–water partition coefficient (Wildman–Crippen LogP) is 6.15. The van der Waals surface area contributed by atoms with Crippen LogP contribution >= 0.6 is 0 Å². The van der Waals surface area contributed by atoms with E-state index in [1.165, 1.54) is 6.20 Å². The summed E-state index contributed by atoms with van der Waals surface area (Å²) in [6, 6.07) is 0. The second kappa shape index (κ2) is 7.93. The van der Waals surface area contributed by atoms with Gasteiger partial charge >= 0.3 is 5.97 Å². The van der Waals surface area contributed by atoms with Gasteiger partial charge in [0, 0.05) is 30.0 Å². The molecule has 0 saturated heterocycles. The van der Waals surface area contributed by atoms with Crippen LogP contribution in [0.4, 0.5) is 0 Å². The average molecular weight is 498 g/mol. The lowest BCUT2D eigenvalue weighted by Crippen LogP contribution is -2.68. The van der Waals surface area contributed by atoms with Gasteiger partial charge in [-0.05, 0) is 96.2 Å². The Morgan fingerprint density at radius 1 is 1.00 bits per heavy atom. The third-order valence-electron chi connectivity index (χ3n) is 13.1. The summed E-state index contributed by atoms with van der Waals surface area (Å²) >= 11 is 0. The number of hydrogen-bond acceptors (Lipinski definition) is 4. The van der Waals surface area contributed by atoms with Crippen molar-refractivity contribution in [3.8, 4) is 0 Å². The summed E-state index contributed by atoms with van der Waals surface area (Å²) < 4.78 is 0. The Hall–Kier alpha value is -1.65. The van der Waals surface area contributed by atoms with Crippen LogP contribution in [0.25, 0.3) is 0 Å². The maximum absolute atomic E-state index is 14.4. The Bertz CT molecular complexity index is 1030. The molecule has 5 fully saturated rings. The molecule has 0 aromatic heterocycles. The molecule has 3 unspecified atom stereocenters. The third-order valence-corrected chi connectivity index (χ3v) is 13.1. The van der Waals surface area contributed by atoms with Gasteiger partial charge in [0.05, 0.1) is 6.42 Å². The van der Waals surface area contributed by atoms with E-state index < -0.39 is 5.97 Å². The molecule has 5 aliphatic carbocycles. The van der Waals surface area contributed by atoms with E-state index in [1.807, 2.05) is 0 Å². The number of fused-ring (bicyclic) bond motifs is 7. The molecule has 0 amide bonds. The quantitative estimate of drug-likeness (QED) is 0.446. The van der Waals surface area contributed by atoms with E-state index in [4.69, 9.17) is 5.73 Å². The molecule has 9 atom stereocenters. The van der Waals surface area contributed by atoms with E-state index >= 15 is 0 Å². The lowest BCUT2D eigenvalue weighted by atomic mass is 9.31. The number of hydrogen-bond donors (Lipinski definition) is 2. The lowest BCUT2D eigenvalue weighted by Gasteiger charge is -2.72. The number of Topliss-reactive ketones (excluding diaryl/α,β-unsaturated/α-hetero) is 2. The van der Waals surface area contributed by atoms with Crippen LogP contribution in [0.3, 0.4) is 0 Å². The van der Waals surface area contributed by atoms with Crippen molar-refractivity contribution in [2.24, 2.45) is 62.4 Å². The number of allylic oxidation sites excluding steroid dienone is 1. The molecule has 0 radical (unpaired) electrons. The molecule has 5 rings (SSSR count). The Balaban J connectivity index is 1.59. The highest BCUT2D eigenvalue weighted by atomic mass is 16.4. The van der Waals surface area contributed by atoms with Gasteiger partial charge < -0.3 is 10.8 Å². The van der Waals surface area contributed by atoms with Crippen molar-refractivity contribution in [2.75, 3.05) is 0 Å². The molecule has 5 nitrogen and oxygen atoms in total.